The highest BCUT2D eigenvalue weighted by Crippen LogP contribution is 2.43. The number of hydrogen-bond acceptors (Lipinski definition) is 3. The molecule has 0 radical (unpaired) electrons. The lowest BCUT2D eigenvalue weighted by atomic mass is 9.72. The maximum Gasteiger partial charge on any atom is 0.306 e. The van der Waals surface area contributed by atoms with Gasteiger partial charge in [0.2, 0.25) is 0 Å². The van der Waals surface area contributed by atoms with E-state index in [9.17, 15) is 9.90 Å². The van der Waals surface area contributed by atoms with Crippen LogP contribution >= 0.6 is 0 Å². The molecule has 1 unspecified atom stereocenters. The summed E-state index contributed by atoms with van der Waals surface area (Å²) in [5.41, 5.74) is 2.62. The molecule has 0 fully saturated rings. The van der Waals surface area contributed by atoms with E-state index in [1.807, 2.05) is 6.92 Å². The first-order valence-electron chi connectivity index (χ1n) is 11.2. The lowest BCUT2D eigenvalue weighted by Gasteiger charge is -2.34. The van der Waals surface area contributed by atoms with Crippen LogP contribution < -0.4 is 0 Å². The lowest BCUT2D eigenvalue weighted by molar-refractivity contribution is -0.149. The molecule has 29 heavy (non-hydrogen) atoms. The van der Waals surface area contributed by atoms with Gasteiger partial charge in [-0.25, -0.2) is 0 Å². The minimum absolute atomic E-state index is 0.0989. The second-order valence-electron chi connectivity index (χ2n) is 11.3. The summed E-state index contributed by atoms with van der Waals surface area (Å²) in [6, 6.07) is 4.28. The third-order valence-corrected chi connectivity index (χ3v) is 5.62. The first-order valence-corrected chi connectivity index (χ1v) is 11.2. The zero-order valence-corrected chi connectivity index (χ0v) is 20.5. The van der Waals surface area contributed by atoms with E-state index in [2.05, 4.69) is 74.4 Å². The Morgan fingerprint density at radius 1 is 0.966 bits per heavy atom. The zero-order chi connectivity index (χ0) is 22.6. The highest BCUT2D eigenvalue weighted by atomic mass is 16.5. The van der Waals surface area contributed by atoms with Gasteiger partial charge in [0.1, 0.15) is 5.75 Å². The molecule has 1 atom stereocenters. The van der Waals surface area contributed by atoms with Crippen molar-refractivity contribution in [1.82, 2.24) is 0 Å². The summed E-state index contributed by atoms with van der Waals surface area (Å²) < 4.78 is 5.68. The molecule has 0 saturated carbocycles. The summed E-state index contributed by atoms with van der Waals surface area (Å²) in [6.45, 7) is 21.3. The summed E-state index contributed by atoms with van der Waals surface area (Å²) in [7, 11) is 0. The molecule has 0 aromatic heterocycles. The van der Waals surface area contributed by atoms with E-state index in [0.29, 0.717) is 12.2 Å². The number of esters is 1. The van der Waals surface area contributed by atoms with Crippen molar-refractivity contribution < 1.29 is 14.6 Å². The molecule has 0 saturated heterocycles. The second-order valence-corrected chi connectivity index (χ2v) is 11.3. The molecule has 0 aliphatic rings. The molecule has 3 nitrogen and oxygen atoms in total. The standard InChI is InChI=1S/C26H44O3/c1-11-12-13-14-22(27)29-18(2)17-26(9,10)19-15-20(24(3,4)5)23(28)21(16-19)25(6,7)8/h15-16,18,28H,11-14,17H2,1-10H3. The van der Waals surface area contributed by atoms with Crippen molar-refractivity contribution in [3.8, 4) is 5.75 Å². The van der Waals surface area contributed by atoms with Crippen molar-refractivity contribution in [2.75, 3.05) is 0 Å². The number of carbonyl (C=O) groups excluding carboxylic acids is 1. The molecular formula is C26H44O3. The van der Waals surface area contributed by atoms with Gasteiger partial charge in [-0.3, -0.25) is 4.79 Å². The fourth-order valence-corrected chi connectivity index (χ4v) is 3.85. The van der Waals surface area contributed by atoms with Crippen molar-refractivity contribution in [3.63, 3.8) is 0 Å². The van der Waals surface area contributed by atoms with Gasteiger partial charge in [0.15, 0.2) is 0 Å². The summed E-state index contributed by atoms with van der Waals surface area (Å²) in [5.74, 6) is 0.304. The van der Waals surface area contributed by atoms with E-state index < -0.39 is 0 Å². The maximum atomic E-state index is 12.1. The highest BCUT2D eigenvalue weighted by molar-refractivity contribution is 5.69. The third-order valence-electron chi connectivity index (χ3n) is 5.62. The topological polar surface area (TPSA) is 46.5 Å². The number of rotatable bonds is 8. The molecule has 0 heterocycles. The van der Waals surface area contributed by atoms with Crippen LogP contribution in [0, 0.1) is 0 Å². The van der Waals surface area contributed by atoms with E-state index in [0.717, 1.165) is 36.8 Å². The minimum atomic E-state index is -0.184. The highest BCUT2D eigenvalue weighted by Gasteiger charge is 2.32. The summed E-state index contributed by atoms with van der Waals surface area (Å²) in [5, 5.41) is 11.0. The number of benzene rings is 1. The van der Waals surface area contributed by atoms with Crippen LogP contribution in [0.3, 0.4) is 0 Å². The van der Waals surface area contributed by atoms with Crippen molar-refractivity contribution in [3.05, 3.63) is 28.8 Å². The largest absolute Gasteiger partial charge is 0.507 e. The van der Waals surface area contributed by atoms with Crippen LogP contribution in [0.2, 0.25) is 0 Å². The first kappa shape index (κ1) is 25.5. The van der Waals surface area contributed by atoms with Gasteiger partial charge in [-0.2, -0.15) is 0 Å². The van der Waals surface area contributed by atoms with Gasteiger partial charge in [-0.05, 0) is 52.7 Å². The first-order chi connectivity index (χ1) is 13.1. The van der Waals surface area contributed by atoms with Crippen molar-refractivity contribution in [1.29, 1.82) is 0 Å². The molecular weight excluding hydrogens is 360 g/mol. The fourth-order valence-electron chi connectivity index (χ4n) is 3.85. The van der Waals surface area contributed by atoms with Crippen LogP contribution in [0.5, 0.6) is 5.75 Å². The van der Waals surface area contributed by atoms with E-state index in [4.69, 9.17) is 4.74 Å². The number of aromatic hydroxyl groups is 1. The summed E-state index contributed by atoms with van der Waals surface area (Å²) in [6.07, 6.45) is 4.15. The minimum Gasteiger partial charge on any atom is -0.507 e. The van der Waals surface area contributed by atoms with Crippen molar-refractivity contribution >= 4 is 5.97 Å². The smallest absolute Gasteiger partial charge is 0.306 e. The van der Waals surface area contributed by atoms with Crippen LogP contribution in [-0.2, 0) is 25.8 Å². The summed E-state index contributed by atoms with van der Waals surface area (Å²) >= 11 is 0. The third kappa shape index (κ3) is 7.35. The summed E-state index contributed by atoms with van der Waals surface area (Å²) in [4.78, 5) is 12.1. The Labute approximate surface area is 179 Å². The number of phenols is 1. The Morgan fingerprint density at radius 2 is 1.45 bits per heavy atom. The number of unbranched alkanes of at least 4 members (excludes halogenated alkanes) is 2. The van der Waals surface area contributed by atoms with Crippen LogP contribution in [0.25, 0.3) is 0 Å². The molecule has 0 bridgehead atoms. The van der Waals surface area contributed by atoms with Gasteiger partial charge in [0, 0.05) is 6.42 Å². The normalized spacial score (nSPS) is 14.0. The predicted octanol–water partition coefficient (Wildman–Crippen LogP) is 7.17. The van der Waals surface area contributed by atoms with Crippen LogP contribution in [-0.4, -0.2) is 17.2 Å². The number of carbonyl (C=O) groups is 1. The van der Waals surface area contributed by atoms with Gasteiger partial charge in [0.05, 0.1) is 6.10 Å². The molecule has 3 heteroatoms. The molecule has 1 rings (SSSR count). The molecule has 0 spiro atoms. The zero-order valence-electron chi connectivity index (χ0n) is 20.5. The van der Waals surface area contributed by atoms with Gasteiger partial charge < -0.3 is 9.84 Å². The SMILES string of the molecule is CCCCCC(=O)OC(C)CC(C)(C)c1cc(C(C)(C)C)c(O)c(C(C)(C)C)c1. The van der Waals surface area contributed by atoms with E-state index in [-0.39, 0.29) is 28.3 Å². The van der Waals surface area contributed by atoms with E-state index in [1.165, 1.54) is 5.56 Å². The molecule has 166 valence electrons. The monoisotopic (exact) mass is 404 g/mol. The average Bonchev–Trinajstić information content (AvgIpc) is 2.52. The van der Waals surface area contributed by atoms with Gasteiger partial charge in [0.25, 0.3) is 0 Å². The van der Waals surface area contributed by atoms with Gasteiger partial charge >= 0.3 is 5.97 Å². The van der Waals surface area contributed by atoms with Gasteiger partial charge in [-0.1, -0.05) is 87.3 Å². The Kier molecular flexibility index (Phi) is 8.39. The van der Waals surface area contributed by atoms with Crippen LogP contribution in [0.4, 0.5) is 0 Å². The van der Waals surface area contributed by atoms with Crippen LogP contribution in [0.15, 0.2) is 12.1 Å². The molecule has 0 aliphatic heterocycles. The Balaban J connectivity index is 3.15. The van der Waals surface area contributed by atoms with Crippen molar-refractivity contribution in [2.24, 2.45) is 0 Å². The average molecular weight is 405 g/mol. The molecule has 1 aromatic rings. The Morgan fingerprint density at radius 3 is 1.86 bits per heavy atom. The maximum absolute atomic E-state index is 12.1. The molecule has 0 amide bonds. The quantitative estimate of drug-likeness (QED) is 0.369. The van der Waals surface area contributed by atoms with Crippen molar-refractivity contribution in [2.45, 2.75) is 124 Å². The number of phenolic OH excluding ortho intramolecular Hbond substituents is 1. The Hall–Kier alpha value is -1.51. The van der Waals surface area contributed by atoms with Gasteiger partial charge in [-0.15, -0.1) is 0 Å². The van der Waals surface area contributed by atoms with E-state index >= 15 is 0 Å². The molecule has 1 aromatic carbocycles. The lowest BCUT2D eigenvalue weighted by Crippen LogP contribution is -2.28. The number of ether oxygens (including phenoxy) is 1. The predicted molar refractivity (Wildman–Crippen MR) is 123 cm³/mol. The fraction of sp³-hybridized carbons (Fsp3) is 0.731. The second kappa shape index (κ2) is 9.53. The number of hydrogen-bond donors (Lipinski definition) is 1. The Bertz CT molecular complexity index is 652. The molecule has 0 aliphatic carbocycles. The molecule has 1 N–H and O–H groups in total. The van der Waals surface area contributed by atoms with Crippen LogP contribution in [0.1, 0.15) is 118 Å². The van der Waals surface area contributed by atoms with E-state index in [1.54, 1.807) is 0 Å².